The molecule has 1 N–H and O–H groups in total. The van der Waals surface area contributed by atoms with Crippen molar-refractivity contribution in [3.63, 3.8) is 0 Å². The van der Waals surface area contributed by atoms with Crippen LogP contribution in [0.5, 0.6) is 0 Å². The SMILES string of the molecule is O=C(Nc1cccc(SSCl)c1)OCc1ccc(Cl)cc1. The molecule has 0 saturated carbocycles. The summed E-state index contributed by atoms with van der Waals surface area (Å²) in [6, 6.07) is 14.5. The van der Waals surface area contributed by atoms with Crippen LogP contribution in [-0.4, -0.2) is 6.09 Å². The van der Waals surface area contributed by atoms with E-state index >= 15 is 0 Å². The fourth-order valence-electron chi connectivity index (χ4n) is 1.55. The van der Waals surface area contributed by atoms with E-state index in [0.717, 1.165) is 20.5 Å². The number of carbonyl (C=O) groups excluding carboxylic acids is 1. The molecule has 1 amide bonds. The third-order valence-electron chi connectivity index (χ3n) is 2.49. The Hall–Kier alpha value is -1.01. The highest BCUT2D eigenvalue weighted by molar-refractivity contribution is 8.85. The van der Waals surface area contributed by atoms with Crippen molar-refractivity contribution in [1.29, 1.82) is 0 Å². The predicted molar refractivity (Wildman–Crippen MR) is 91.0 cm³/mol. The highest BCUT2D eigenvalue weighted by Gasteiger charge is 2.05. The monoisotopic (exact) mass is 359 g/mol. The maximum absolute atomic E-state index is 11.7. The molecule has 0 fully saturated rings. The number of anilines is 1. The van der Waals surface area contributed by atoms with E-state index in [2.05, 4.69) is 5.32 Å². The molecule has 0 heterocycles. The third kappa shape index (κ3) is 5.71. The third-order valence-corrected chi connectivity index (χ3v) is 4.59. The summed E-state index contributed by atoms with van der Waals surface area (Å²) in [5.74, 6) is 0. The van der Waals surface area contributed by atoms with Crippen LogP contribution < -0.4 is 5.32 Å². The van der Waals surface area contributed by atoms with Crippen LogP contribution in [0.15, 0.2) is 53.4 Å². The van der Waals surface area contributed by atoms with E-state index in [-0.39, 0.29) is 6.61 Å². The van der Waals surface area contributed by atoms with Crippen LogP contribution in [0.2, 0.25) is 5.02 Å². The molecule has 0 aliphatic carbocycles. The summed E-state index contributed by atoms with van der Waals surface area (Å²) in [6.45, 7) is 0.189. The van der Waals surface area contributed by atoms with Crippen LogP contribution in [-0.2, 0) is 11.3 Å². The van der Waals surface area contributed by atoms with Crippen molar-refractivity contribution in [2.45, 2.75) is 11.5 Å². The first-order valence-corrected chi connectivity index (χ1v) is 9.26. The van der Waals surface area contributed by atoms with E-state index in [1.54, 1.807) is 18.2 Å². The topological polar surface area (TPSA) is 38.3 Å². The van der Waals surface area contributed by atoms with Crippen molar-refractivity contribution < 1.29 is 9.53 Å². The van der Waals surface area contributed by atoms with Gasteiger partial charge in [0.25, 0.3) is 0 Å². The van der Waals surface area contributed by atoms with Gasteiger partial charge in [0.15, 0.2) is 0 Å². The average Bonchev–Trinajstić information content (AvgIpc) is 2.47. The minimum absolute atomic E-state index is 0.189. The number of carbonyl (C=O) groups is 1. The molecule has 0 aromatic heterocycles. The van der Waals surface area contributed by atoms with E-state index in [1.165, 1.54) is 10.8 Å². The van der Waals surface area contributed by atoms with E-state index in [0.29, 0.717) is 10.7 Å². The Labute approximate surface area is 140 Å². The molecule has 0 spiro atoms. The summed E-state index contributed by atoms with van der Waals surface area (Å²) in [5, 5.41) is 3.32. The lowest BCUT2D eigenvalue weighted by molar-refractivity contribution is 0.155. The number of halogens is 2. The van der Waals surface area contributed by atoms with Gasteiger partial charge in [0.2, 0.25) is 0 Å². The van der Waals surface area contributed by atoms with Crippen molar-refractivity contribution >= 4 is 54.9 Å². The number of benzene rings is 2. The first kappa shape index (κ1) is 16.4. The maximum atomic E-state index is 11.7. The molecule has 0 atom stereocenters. The van der Waals surface area contributed by atoms with Gasteiger partial charge < -0.3 is 4.74 Å². The van der Waals surface area contributed by atoms with Gasteiger partial charge >= 0.3 is 6.09 Å². The Morgan fingerprint density at radius 3 is 2.67 bits per heavy atom. The van der Waals surface area contributed by atoms with E-state index in [1.807, 2.05) is 30.3 Å². The van der Waals surface area contributed by atoms with Crippen LogP contribution in [0.3, 0.4) is 0 Å². The smallest absolute Gasteiger partial charge is 0.411 e. The van der Waals surface area contributed by atoms with Gasteiger partial charge in [0, 0.05) is 25.6 Å². The fraction of sp³-hybridized carbons (Fsp3) is 0.0714. The lowest BCUT2D eigenvalue weighted by Crippen LogP contribution is -2.13. The molecule has 0 aliphatic rings. The van der Waals surface area contributed by atoms with Gasteiger partial charge in [-0.3, -0.25) is 5.32 Å². The summed E-state index contributed by atoms with van der Waals surface area (Å²) >= 11 is 5.79. The summed E-state index contributed by atoms with van der Waals surface area (Å²) < 4.78 is 5.14. The van der Waals surface area contributed by atoms with Crippen molar-refractivity contribution in [3.8, 4) is 0 Å². The molecule has 2 rings (SSSR count). The Bertz CT molecular complexity index is 608. The number of amides is 1. The Morgan fingerprint density at radius 1 is 1.19 bits per heavy atom. The van der Waals surface area contributed by atoms with Gasteiger partial charge in [-0.1, -0.05) is 29.8 Å². The van der Waals surface area contributed by atoms with E-state index < -0.39 is 6.09 Å². The Balaban J connectivity index is 1.86. The summed E-state index contributed by atoms with van der Waals surface area (Å²) in [7, 11) is 8.11. The number of hydrogen-bond donors (Lipinski definition) is 1. The van der Waals surface area contributed by atoms with Gasteiger partial charge in [-0.2, -0.15) is 0 Å². The molecule has 21 heavy (non-hydrogen) atoms. The maximum Gasteiger partial charge on any atom is 0.411 e. The van der Waals surface area contributed by atoms with Crippen LogP contribution in [0.1, 0.15) is 5.56 Å². The zero-order valence-electron chi connectivity index (χ0n) is 10.7. The van der Waals surface area contributed by atoms with E-state index in [4.69, 9.17) is 27.0 Å². The number of rotatable bonds is 5. The van der Waals surface area contributed by atoms with E-state index in [9.17, 15) is 4.79 Å². The van der Waals surface area contributed by atoms with Crippen LogP contribution >= 0.6 is 43.1 Å². The van der Waals surface area contributed by atoms with Gasteiger partial charge in [-0.25, -0.2) is 4.79 Å². The minimum atomic E-state index is -0.509. The van der Waals surface area contributed by atoms with Crippen molar-refractivity contribution in [3.05, 3.63) is 59.1 Å². The molecule has 0 unspecified atom stereocenters. The van der Waals surface area contributed by atoms with Gasteiger partial charge in [0.05, 0.1) is 0 Å². The quantitative estimate of drug-likeness (QED) is 0.666. The first-order chi connectivity index (χ1) is 10.2. The molecule has 2 aromatic rings. The fourth-order valence-corrected chi connectivity index (χ4v) is 3.24. The molecular weight excluding hydrogens is 349 g/mol. The predicted octanol–water partition coefficient (Wildman–Crippen LogP) is 5.98. The number of hydrogen-bond acceptors (Lipinski definition) is 4. The second kappa shape index (κ2) is 8.44. The normalized spacial score (nSPS) is 10.2. The summed E-state index contributed by atoms with van der Waals surface area (Å²) in [5.41, 5.74) is 1.53. The van der Waals surface area contributed by atoms with Crippen LogP contribution in [0, 0.1) is 0 Å². The van der Waals surface area contributed by atoms with Crippen molar-refractivity contribution in [2.75, 3.05) is 5.32 Å². The minimum Gasteiger partial charge on any atom is -0.444 e. The summed E-state index contributed by atoms with van der Waals surface area (Å²) in [6.07, 6.45) is -0.509. The van der Waals surface area contributed by atoms with Crippen molar-refractivity contribution in [1.82, 2.24) is 0 Å². The molecule has 0 aliphatic heterocycles. The van der Waals surface area contributed by atoms with Gasteiger partial charge in [-0.15, -0.1) is 0 Å². The molecule has 0 saturated heterocycles. The standard InChI is InChI=1S/C14H11Cl2NO2S2/c15-11-6-4-10(5-7-11)9-19-14(18)17-12-2-1-3-13(8-12)20-21-16/h1-8H,9H2,(H,17,18). The molecule has 0 bridgehead atoms. The zero-order valence-corrected chi connectivity index (χ0v) is 13.9. The molecule has 110 valence electrons. The summed E-state index contributed by atoms with van der Waals surface area (Å²) in [4.78, 5) is 12.7. The molecule has 0 radical (unpaired) electrons. The van der Waals surface area contributed by atoms with Gasteiger partial charge in [0.1, 0.15) is 6.61 Å². The van der Waals surface area contributed by atoms with Gasteiger partial charge in [-0.05, 0) is 57.4 Å². The molecule has 7 heteroatoms. The Kier molecular flexibility index (Phi) is 6.57. The van der Waals surface area contributed by atoms with Crippen LogP contribution in [0.4, 0.5) is 10.5 Å². The van der Waals surface area contributed by atoms with Crippen LogP contribution in [0.25, 0.3) is 0 Å². The molecular formula is C14H11Cl2NO2S2. The molecule has 3 nitrogen and oxygen atoms in total. The average molecular weight is 360 g/mol. The number of nitrogens with one attached hydrogen (secondary N) is 1. The Morgan fingerprint density at radius 2 is 1.95 bits per heavy atom. The second-order valence-corrected chi connectivity index (χ2v) is 7.21. The largest absolute Gasteiger partial charge is 0.444 e. The lowest BCUT2D eigenvalue weighted by atomic mass is 10.2. The number of ether oxygens (including phenoxy) is 1. The zero-order chi connectivity index (χ0) is 15.1. The lowest BCUT2D eigenvalue weighted by Gasteiger charge is -2.08. The second-order valence-electron chi connectivity index (χ2n) is 4.00. The first-order valence-electron chi connectivity index (χ1n) is 5.91. The highest BCUT2D eigenvalue weighted by atomic mass is 35.7. The molecule has 2 aromatic carbocycles. The van der Waals surface area contributed by atoms with Crippen molar-refractivity contribution in [2.24, 2.45) is 0 Å². The highest BCUT2D eigenvalue weighted by Crippen LogP contribution is 2.34.